The van der Waals surface area contributed by atoms with E-state index in [1.165, 1.54) is 25.7 Å². The van der Waals surface area contributed by atoms with Gasteiger partial charge in [-0.15, -0.1) is 0 Å². The van der Waals surface area contributed by atoms with Gasteiger partial charge >= 0.3 is 0 Å². The number of rotatable bonds is 4. The molecule has 1 saturated carbocycles. The fraction of sp³-hybridized carbons (Fsp3) is 1.00. The molecule has 17 heavy (non-hydrogen) atoms. The van der Waals surface area contributed by atoms with E-state index in [9.17, 15) is 0 Å². The summed E-state index contributed by atoms with van der Waals surface area (Å²) in [5.41, 5.74) is 0.487. The van der Waals surface area contributed by atoms with Gasteiger partial charge in [-0.2, -0.15) is 0 Å². The first-order valence-electron chi connectivity index (χ1n) is 6.92. The topological polar surface area (TPSA) is 30.5 Å². The van der Waals surface area contributed by atoms with Crippen molar-refractivity contribution in [3.05, 3.63) is 0 Å². The fourth-order valence-corrected chi connectivity index (χ4v) is 2.89. The first-order valence-corrected chi connectivity index (χ1v) is 6.92. The molecule has 2 rings (SSSR count). The number of nitrogens with one attached hydrogen (secondary N) is 1. The van der Waals surface area contributed by atoms with Crippen molar-refractivity contribution in [2.75, 3.05) is 26.9 Å². The van der Waals surface area contributed by atoms with Gasteiger partial charge in [-0.05, 0) is 31.1 Å². The van der Waals surface area contributed by atoms with Crippen molar-refractivity contribution in [2.45, 2.75) is 57.6 Å². The second-order valence-electron chi connectivity index (χ2n) is 6.51. The Hall–Kier alpha value is -0.120. The molecule has 0 aromatic carbocycles. The van der Waals surface area contributed by atoms with Gasteiger partial charge in [0.15, 0.2) is 0 Å². The van der Waals surface area contributed by atoms with Crippen LogP contribution >= 0.6 is 0 Å². The van der Waals surface area contributed by atoms with Crippen LogP contribution in [0.4, 0.5) is 0 Å². The molecule has 0 spiro atoms. The predicted octanol–water partition coefficient (Wildman–Crippen LogP) is 2.35. The Morgan fingerprint density at radius 2 is 1.94 bits per heavy atom. The number of hydrogen-bond donors (Lipinski definition) is 1. The lowest BCUT2D eigenvalue weighted by molar-refractivity contribution is -0.0189. The smallest absolute Gasteiger partial charge is 0.106 e. The van der Waals surface area contributed by atoms with Crippen molar-refractivity contribution < 1.29 is 9.47 Å². The molecule has 1 aliphatic carbocycles. The zero-order valence-electron chi connectivity index (χ0n) is 11.6. The molecule has 0 aromatic rings. The summed E-state index contributed by atoms with van der Waals surface area (Å²) < 4.78 is 11.1. The van der Waals surface area contributed by atoms with Gasteiger partial charge in [0.25, 0.3) is 0 Å². The van der Waals surface area contributed by atoms with E-state index >= 15 is 0 Å². The maximum absolute atomic E-state index is 5.64. The first kappa shape index (κ1) is 13.3. The molecule has 0 bridgehead atoms. The largest absolute Gasteiger partial charge is 0.378 e. The predicted molar refractivity (Wildman–Crippen MR) is 69.2 cm³/mol. The van der Waals surface area contributed by atoms with E-state index in [2.05, 4.69) is 19.2 Å². The second-order valence-corrected chi connectivity index (χ2v) is 6.51. The third kappa shape index (κ3) is 3.43. The summed E-state index contributed by atoms with van der Waals surface area (Å²) in [4.78, 5) is 0. The SMILES string of the molecule is COC1(CNC2CCC(C)(C)CC2)CCOC1. The highest BCUT2D eigenvalue weighted by Crippen LogP contribution is 2.35. The van der Waals surface area contributed by atoms with Crippen LogP contribution in [0.1, 0.15) is 46.0 Å². The molecule has 0 radical (unpaired) electrons. The van der Waals surface area contributed by atoms with E-state index in [1.807, 2.05) is 0 Å². The van der Waals surface area contributed by atoms with Crippen LogP contribution in [-0.4, -0.2) is 38.5 Å². The average molecular weight is 241 g/mol. The molecule has 2 aliphatic rings. The zero-order valence-corrected chi connectivity index (χ0v) is 11.6. The van der Waals surface area contributed by atoms with Crippen LogP contribution in [0.3, 0.4) is 0 Å². The summed E-state index contributed by atoms with van der Waals surface area (Å²) in [6.07, 6.45) is 6.29. The summed E-state index contributed by atoms with van der Waals surface area (Å²) in [6, 6.07) is 0.677. The Bertz CT molecular complexity index is 237. The number of hydrogen-bond acceptors (Lipinski definition) is 3. The molecule has 0 aromatic heterocycles. The Morgan fingerprint density at radius 3 is 2.47 bits per heavy atom. The molecule has 1 unspecified atom stereocenters. The zero-order chi connectivity index (χ0) is 12.4. The highest BCUT2D eigenvalue weighted by molar-refractivity contribution is 4.90. The molecule has 1 aliphatic heterocycles. The summed E-state index contributed by atoms with van der Waals surface area (Å²) in [5, 5.41) is 3.69. The van der Waals surface area contributed by atoms with Crippen molar-refractivity contribution in [3.8, 4) is 0 Å². The molecule has 1 saturated heterocycles. The van der Waals surface area contributed by atoms with E-state index in [4.69, 9.17) is 9.47 Å². The highest BCUT2D eigenvalue weighted by atomic mass is 16.5. The molecule has 1 heterocycles. The molecule has 1 atom stereocenters. The molecule has 100 valence electrons. The maximum atomic E-state index is 5.64. The quantitative estimate of drug-likeness (QED) is 0.819. The van der Waals surface area contributed by atoms with Gasteiger partial charge in [0, 0.05) is 32.7 Å². The van der Waals surface area contributed by atoms with Crippen LogP contribution in [0.2, 0.25) is 0 Å². The van der Waals surface area contributed by atoms with Gasteiger partial charge in [0.1, 0.15) is 5.60 Å². The van der Waals surface area contributed by atoms with Gasteiger partial charge in [-0.3, -0.25) is 0 Å². The minimum absolute atomic E-state index is 0.0625. The first-order chi connectivity index (χ1) is 8.05. The standard InChI is InChI=1S/C14H27NO2/c1-13(2)6-4-12(5-7-13)15-10-14(16-3)8-9-17-11-14/h12,15H,4-11H2,1-3H3. The monoisotopic (exact) mass is 241 g/mol. The van der Waals surface area contributed by atoms with Gasteiger partial charge in [-0.1, -0.05) is 13.8 Å². The van der Waals surface area contributed by atoms with Crippen LogP contribution in [0.15, 0.2) is 0 Å². The Balaban J connectivity index is 1.75. The third-order valence-corrected chi connectivity index (χ3v) is 4.55. The Morgan fingerprint density at radius 1 is 1.24 bits per heavy atom. The van der Waals surface area contributed by atoms with Crippen LogP contribution in [-0.2, 0) is 9.47 Å². The van der Waals surface area contributed by atoms with Crippen LogP contribution < -0.4 is 5.32 Å². The van der Waals surface area contributed by atoms with E-state index in [-0.39, 0.29) is 5.60 Å². The van der Waals surface area contributed by atoms with Gasteiger partial charge in [0.2, 0.25) is 0 Å². The van der Waals surface area contributed by atoms with Crippen molar-refractivity contribution in [2.24, 2.45) is 5.41 Å². The highest BCUT2D eigenvalue weighted by Gasteiger charge is 2.36. The number of methoxy groups -OCH3 is 1. The fourth-order valence-electron chi connectivity index (χ4n) is 2.89. The van der Waals surface area contributed by atoms with E-state index in [0.717, 1.165) is 26.2 Å². The minimum Gasteiger partial charge on any atom is -0.378 e. The Kier molecular flexibility index (Phi) is 4.11. The molecule has 1 N–H and O–H groups in total. The van der Waals surface area contributed by atoms with Crippen LogP contribution in [0.5, 0.6) is 0 Å². The van der Waals surface area contributed by atoms with E-state index in [0.29, 0.717) is 11.5 Å². The van der Waals surface area contributed by atoms with Crippen LogP contribution in [0.25, 0.3) is 0 Å². The van der Waals surface area contributed by atoms with Gasteiger partial charge < -0.3 is 14.8 Å². The second kappa shape index (κ2) is 5.25. The summed E-state index contributed by atoms with van der Waals surface area (Å²) in [6.45, 7) is 7.28. The van der Waals surface area contributed by atoms with Crippen molar-refractivity contribution in [1.82, 2.24) is 5.32 Å². The lowest BCUT2D eigenvalue weighted by atomic mass is 9.75. The van der Waals surface area contributed by atoms with Crippen molar-refractivity contribution >= 4 is 0 Å². The normalized spacial score (nSPS) is 34.1. The van der Waals surface area contributed by atoms with E-state index in [1.54, 1.807) is 7.11 Å². The molecular formula is C14H27NO2. The molecule has 3 heteroatoms. The van der Waals surface area contributed by atoms with Gasteiger partial charge in [-0.25, -0.2) is 0 Å². The number of ether oxygens (including phenoxy) is 2. The lowest BCUT2D eigenvalue weighted by Crippen LogP contribution is -2.47. The minimum atomic E-state index is -0.0625. The average Bonchev–Trinajstić information content (AvgIpc) is 2.77. The molecule has 2 fully saturated rings. The summed E-state index contributed by atoms with van der Waals surface area (Å²) >= 11 is 0. The summed E-state index contributed by atoms with van der Waals surface area (Å²) in [7, 11) is 1.81. The summed E-state index contributed by atoms with van der Waals surface area (Å²) in [5.74, 6) is 0. The van der Waals surface area contributed by atoms with Crippen molar-refractivity contribution in [3.63, 3.8) is 0 Å². The molecule has 0 amide bonds. The van der Waals surface area contributed by atoms with Crippen molar-refractivity contribution in [1.29, 1.82) is 0 Å². The lowest BCUT2D eigenvalue weighted by Gasteiger charge is -2.36. The Labute approximate surface area is 105 Å². The molecule has 3 nitrogen and oxygen atoms in total. The molecular weight excluding hydrogens is 214 g/mol. The third-order valence-electron chi connectivity index (χ3n) is 4.55. The van der Waals surface area contributed by atoms with Crippen LogP contribution in [0, 0.1) is 5.41 Å². The maximum Gasteiger partial charge on any atom is 0.106 e. The van der Waals surface area contributed by atoms with Gasteiger partial charge in [0.05, 0.1) is 6.61 Å². The van der Waals surface area contributed by atoms with E-state index < -0.39 is 0 Å².